The highest BCUT2D eigenvalue weighted by atomic mass is 32.1. The summed E-state index contributed by atoms with van der Waals surface area (Å²) in [6, 6.07) is 11.0. The Morgan fingerprint density at radius 2 is 2.04 bits per heavy atom. The van der Waals surface area contributed by atoms with Crippen molar-refractivity contribution in [2.75, 3.05) is 0 Å². The second-order valence-corrected chi connectivity index (χ2v) is 7.14. The third kappa shape index (κ3) is 3.21. The molecule has 0 atom stereocenters. The standard InChI is InChI=1S/C18H19N3OS/c1-13-2-4-14(5-3-13)11-20(16-6-7-16)12-15-10-17(22)21-8-9-23-18(21)19-15/h2-5,8-10,16H,6-7,11-12H2,1H3. The van der Waals surface area contributed by atoms with Gasteiger partial charge < -0.3 is 0 Å². The van der Waals surface area contributed by atoms with Gasteiger partial charge in [-0.2, -0.15) is 0 Å². The summed E-state index contributed by atoms with van der Waals surface area (Å²) < 4.78 is 1.61. The number of thiazole rings is 1. The molecule has 0 radical (unpaired) electrons. The van der Waals surface area contributed by atoms with Crippen LogP contribution in [0, 0.1) is 6.92 Å². The van der Waals surface area contributed by atoms with Gasteiger partial charge >= 0.3 is 0 Å². The number of hydrogen-bond acceptors (Lipinski definition) is 4. The summed E-state index contributed by atoms with van der Waals surface area (Å²) in [7, 11) is 0. The van der Waals surface area contributed by atoms with E-state index in [0.717, 1.165) is 23.7 Å². The molecule has 1 aromatic carbocycles. The van der Waals surface area contributed by atoms with Gasteiger partial charge in [0.25, 0.3) is 5.56 Å². The number of benzene rings is 1. The van der Waals surface area contributed by atoms with Gasteiger partial charge in [-0.05, 0) is 25.3 Å². The minimum atomic E-state index is 0.0114. The molecule has 2 heterocycles. The molecule has 0 amide bonds. The first-order chi connectivity index (χ1) is 11.2. The van der Waals surface area contributed by atoms with Crippen molar-refractivity contribution in [1.82, 2.24) is 14.3 Å². The third-order valence-corrected chi connectivity index (χ3v) is 5.05. The van der Waals surface area contributed by atoms with E-state index in [2.05, 4.69) is 41.1 Å². The molecule has 5 heteroatoms. The Morgan fingerprint density at radius 3 is 2.78 bits per heavy atom. The lowest BCUT2D eigenvalue weighted by Crippen LogP contribution is -2.26. The monoisotopic (exact) mass is 325 g/mol. The van der Waals surface area contributed by atoms with E-state index in [1.54, 1.807) is 16.7 Å². The fourth-order valence-electron chi connectivity index (χ4n) is 2.86. The van der Waals surface area contributed by atoms with E-state index in [0.29, 0.717) is 6.04 Å². The molecule has 1 saturated carbocycles. The smallest absolute Gasteiger partial charge is 0.258 e. The van der Waals surface area contributed by atoms with Gasteiger partial charge in [0.15, 0.2) is 4.96 Å². The van der Waals surface area contributed by atoms with Crippen LogP contribution in [0.25, 0.3) is 4.96 Å². The van der Waals surface area contributed by atoms with Gasteiger partial charge in [-0.25, -0.2) is 4.98 Å². The molecule has 1 fully saturated rings. The van der Waals surface area contributed by atoms with Crippen LogP contribution in [0.5, 0.6) is 0 Å². The summed E-state index contributed by atoms with van der Waals surface area (Å²) in [5, 5.41) is 1.90. The summed E-state index contributed by atoms with van der Waals surface area (Å²) >= 11 is 1.51. The van der Waals surface area contributed by atoms with Crippen molar-refractivity contribution in [2.24, 2.45) is 0 Å². The van der Waals surface area contributed by atoms with Gasteiger partial charge in [0.2, 0.25) is 0 Å². The van der Waals surface area contributed by atoms with Crippen molar-refractivity contribution in [3.63, 3.8) is 0 Å². The lowest BCUT2D eigenvalue weighted by Gasteiger charge is -2.21. The summed E-state index contributed by atoms with van der Waals surface area (Å²) in [6.07, 6.45) is 4.27. The average molecular weight is 325 g/mol. The molecule has 118 valence electrons. The Labute approximate surface area is 139 Å². The molecular formula is C18H19N3OS. The highest BCUT2D eigenvalue weighted by Gasteiger charge is 2.29. The second-order valence-electron chi connectivity index (χ2n) is 6.26. The molecule has 0 saturated heterocycles. The first-order valence-corrected chi connectivity index (χ1v) is 8.82. The molecule has 3 aromatic rings. The molecule has 4 nitrogen and oxygen atoms in total. The first-order valence-electron chi connectivity index (χ1n) is 7.94. The maximum absolute atomic E-state index is 12.1. The topological polar surface area (TPSA) is 37.6 Å². The Balaban J connectivity index is 1.57. The van der Waals surface area contributed by atoms with Crippen LogP contribution in [0.4, 0.5) is 0 Å². The first kappa shape index (κ1) is 14.6. The normalized spacial score (nSPS) is 14.7. The summed E-state index contributed by atoms with van der Waals surface area (Å²) in [4.78, 5) is 20.0. The van der Waals surface area contributed by atoms with Crippen LogP contribution in [0.3, 0.4) is 0 Å². The number of aromatic nitrogens is 2. The maximum Gasteiger partial charge on any atom is 0.258 e. The van der Waals surface area contributed by atoms with Gasteiger partial charge in [-0.15, -0.1) is 11.3 Å². The van der Waals surface area contributed by atoms with Gasteiger partial charge in [-0.3, -0.25) is 14.1 Å². The van der Waals surface area contributed by atoms with Gasteiger partial charge in [0.05, 0.1) is 5.69 Å². The van der Waals surface area contributed by atoms with Crippen LogP contribution >= 0.6 is 11.3 Å². The number of nitrogens with zero attached hydrogens (tertiary/aromatic N) is 3. The van der Waals surface area contributed by atoms with Crippen molar-refractivity contribution < 1.29 is 0 Å². The van der Waals surface area contributed by atoms with E-state index in [1.807, 2.05) is 5.38 Å². The lowest BCUT2D eigenvalue weighted by atomic mass is 10.1. The van der Waals surface area contributed by atoms with Crippen molar-refractivity contribution >= 4 is 16.3 Å². The third-order valence-electron chi connectivity index (χ3n) is 4.29. The van der Waals surface area contributed by atoms with Crippen molar-refractivity contribution in [2.45, 2.75) is 38.9 Å². The van der Waals surface area contributed by atoms with E-state index in [1.165, 1.54) is 35.3 Å². The van der Waals surface area contributed by atoms with Crippen LogP contribution in [0.15, 0.2) is 46.7 Å². The molecular weight excluding hydrogens is 306 g/mol. The largest absolute Gasteiger partial charge is 0.290 e. The molecule has 4 rings (SSSR count). The van der Waals surface area contributed by atoms with E-state index in [-0.39, 0.29) is 5.56 Å². The molecule has 1 aliphatic rings. The van der Waals surface area contributed by atoms with Gasteiger partial charge in [-0.1, -0.05) is 29.8 Å². The summed E-state index contributed by atoms with van der Waals surface area (Å²) in [5.74, 6) is 0. The molecule has 0 spiro atoms. The zero-order chi connectivity index (χ0) is 15.8. The lowest BCUT2D eigenvalue weighted by molar-refractivity contribution is 0.243. The van der Waals surface area contributed by atoms with E-state index < -0.39 is 0 Å². The maximum atomic E-state index is 12.1. The van der Waals surface area contributed by atoms with Crippen LogP contribution in [0.2, 0.25) is 0 Å². The van der Waals surface area contributed by atoms with E-state index >= 15 is 0 Å². The molecule has 0 N–H and O–H groups in total. The average Bonchev–Trinajstić information content (AvgIpc) is 3.27. The Bertz CT molecular complexity index is 877. The van der Waals surface area contributed by atoms with Crippen LogP contribution in [-0.2, 0) is 13.1 Å². The highest BCUT2D eigenvalue weighted by Crippen LogP contribution is 2.29. The molecule has 2 aromatic heterocycles. The van der Waals surface area contributed by atoms with Crippen LogP contribution < -0.4 is 5.56 Å². The fraction of sp³-hybridized carbons (Fsp3) is 0.333. The fourth-order valence-corrected chi connectivity index (χ4v) is 3.60. The van der Waals surface area contributed by atoms with E-state index in [4.69, 9.17) is 0 Å². The predicted molar refractivity (Wildman–Crippen MR) is 92.8 cm³/mol. The molecule has 1 aliphatic carbocycles. The van der Waals surface area contributed by atoms with Crippen LogP contribution in [-0.4, -0.2) is 20.3 Å². The van der Waals surface area contributed by atoms with Crippen molar-refractivity contribution in [3.05, 3.63) is 69.1 Å². The van der Waals surface area contributed by atoms with Gasteiger partial charge in [0.1, 0.15) is 0 Å². The summed E-state index contributed by atoms with van der Waals surface area (Å²) in [6.45, 7) is 3.76. The Kier molecular flexibility index (Phi) is 3.75. The van der Waals surface area contributed by atoms with E-state index in [9.17, 15) is 4.79 Å². The second kappa shape index (κ2) is 5.91. The highest BCUT2D eigenvalue weighted by molar-refractivity contribution is 7.15. The Hall–Kier alpha value is -1.98. The Morgan fingerprint density at radius 1 is 1.26 bits per heavy atom. The number of rotatable bonds is 5. The minimum absolute atomic E-state index is 0.0114. The SMILES string of the molecule is Cc1ccc(CN(Cc2cc(=O)n3ccsc3n2)C2CC2)cc1. The van der Waals surface area contributed by atoms with Gasteiger partial charge in [0, 0.05) is 36.8 Å². The number of hydrogen-bond donors (Lipinski definition) is 0. The van der Waals surface area contributed by atoms with Crippen LogP contribution in [0.1, 0.15) is 29.7 Å². The predicted octanol–water partition coefficient (Wildman–Crippen LogP) is 3.23. The van der Waals surface area contributed by atoms with Crippen molar-refractivity contribution in [3.8, 4) is 0 Å². The molecule has 0 aliphatic heterocycles. The number of aryl methyl sites for hydroxylation is 1. The zero-order valence-corrected chi connectivity index (χ0v) is 13.9. The molecule has 0 bridgehead atoms. The zero-order valence-electron chi connectivity index (χ0n) is 13.1. The molecule has 23 heavy (non-hydrogen) atoms. The molecule has 0 unspecified atom stereocenters. The van der Waals surface area contributed by atoms with Crippen molar-refractivity contribution in [1.29, 1.82) is 0 Å². The summed E-state index contributed by atoms with van der Waals surface area (Å²) in [5.41, 5.74) is 3.48. The quantitative estimate of drug-likeness (QED) is 0.723. The minimum Gasteiger partial charge on any atom is -0.290 e. The number of fused-ring (bicyclic) bond motifs is 1.